The first-order valence-corrected chi connectivity index (χ1v) is 8.85. The van der Waals surface area contributed by atoms with Crippen molar-refractivity contribution in [3.8, 4) is 5.75 Å². The van der Waals surface area contributed by atoms with Crippen molar-refractivity contribution in [3.63, 3.8) is 0 Å². The average Bonchev–Trinajstić information content (AvgIpc) is 3.04. The van der Waals surface area contributed by atoms with Gasteiger partial charge in [0, 0.05) is 24.4 Å². The lowest BCUT2D eigenvalue weighted by Gasteiger charge is -2.28. The molecule has 1 aliphatic rings. The lowest BCUT2D eigenvalue weighted by molar-refractivity contribution is -0.213. The molecule has 1 aromatic carbocycles. The van der Waals surface area contributed by atoms with Gasteiger partial charge >= 0.3 is 6.18 Å². The predicted octanol–water partition coefficient (Wildman–Crippen LogP) is 4.64. The summed E-state index contributed by atoms with van der Waals surface area (Å²) in [5.41, 5.74) is -0.0701. The Kier molecular flexibility index (Phi) is 4.44. The molecule has 0 aliphatic carbocycles. The van der Waals surface area contributed by atoms with Gasteiger partial charge in [0.05, 0.1) is 23.1 Å². The highest BCUT2D eigenvalue weighted by Crippen LogP contribution is 2.41. The maximum Gasteiger partial charge on any atom is 0.394 e. The van der Waals surface area contributed by atoms with Crippen LogP contribution in [0.3, 0.4) is 0 Å². The minimum atomic E-state index is -4.47. The number of amides is 1. The third-order valence-electron chi connectivity index (χ3n) is 4.76. The molecule has 0 atom stereocenters. The zero-order chi connectivity index (χ0) is 20.2. The van der Waals surface area contributed by atoms with Crippen LogP contribution in [0.4, 0.5) is 19.1 Å². The van der Waals surface area contributed by atoms with Gasteiger partial charge in [0.15, 0.2) is 0 Å². The molecule has 0 spiro atoms. The molecule has 0 radical (unpaired) electrons. The second-order valence-corrected chi connectivity index (χ2v) is 8.60. The summed E-state index contributed by atoms with van der Waals surface area (Å²) in [6.45, 7) is 8.47. The van der Waals surface area contributed by atoms with Gasteiger partial charge in [-0.2, -0.15) is 13.2 Å². The number of anilines is 1. The summed E-state index contributed by atoms with van der Waals surface area (Å²) in [5.74, 6) is 0.301. The van der Waals surface area contributed by atoms with Crippen molar-refractivity contribution in [2.45, 2.75) is 59.2 Å². The van der Waals surface area contributed by atoms with Gasteiger partial charge in [-0.15, -0.1) is 0 Å². The Bertz CT molecular complexity index is 892. The topological polar surface area (TPSA) is 56.2 Å². The lowest BCUT2D eigenvalue weighted by Crippen LogP contribution is -2.36. The highest BCUT2D eigenvalue weighted by atomic mass is 19.4. The van der Waals surface area contributed by atoms with E-state index in [0.29, 0.717) is 12.1 Å². The molecule has 2 heterocycles. The van der Waals surface area contributed by atoms with Gasteiger partial charge in [-0.1, -0.05) is 13.8 Å². The van der Waals surface area contributed by atoms with Crippen molar-refractivity contribution >= 4 is 22.9 Å². The minimum Gasteiger partial charge on any atom is -0.493 e. The Morgan fingerprint density at radius 1 is 1.22 bits per heavy atom. The number of carbonyl (C=O) groups excluding carboxylic acids is 1. The van der Waals surface area contributed by atoms with E-state index in [1.165, 1.54) is 0 Å². The van der Waals surface area contributed by atoms with E-state index in [4.69, 9.17) is 4.74 Å². The van der Waals surface area contributed by atoms with Crippen LogP contribution < -0.4 is 10.1 Å². The SMILES string of the molecule is CC(C)(C)n1c(NC(=O)CC(C)(C)C(F)(F)F)nc2cc3c(cc21)OCC3. The molecule has 2 aromatic rings. The molecule has 1 aliphatic heterocycles. The summed E-state index contributed by atoms with van der Waals surface area (Å²) >= 11 is 0. The number of imidazole rings is 1. The molecule has 8 heteroatoms. The number of nitrogens with zero attached hydrogens (tertiary/aromatic N) is 2. The van der Waals surface area contributed by atoms with Crippen LogP contribution in [-0.4, -0.2) is 28.2 Å². The molecule has 27 heavy (non-hydrogen) atoms. The summed E-state index contributed by atoms with van der Waals surface area (Å²) in [6, 6.07) is 3.79. The first-order valence-electron chi connectivity index (χ1n) is 8.85. The fourth-order valence-corrected chi connectivity index (χ4v) is 3.18. The molecule has 148 valence electrons. The molecular formula is C19H24F3N3O2. The summed E-state index contributed by atoms with van der Waals surface area (Å²) in [6.07, 6.45) is -4.36. The number of aromatic nitrogens is 2. The van der Waals surface area contributed by atoms with Gasteiger partial charge in [0.1, 0.15) is 5.75 Å². The van der Waals surface area contributed by atoms with Crippen molar-refractivity contribution in [1.82, 2.24) is 9.55 Å². The van der Waals surface area contributed by atoms with E-state index >= 15 is 0 Å². The van der Waals surface area contributed by atoms with Gasteiger partial charge in [-0.05, 0) is 32.4 Å². The molecule has 5 nitrogen and oxygen atoms in total. The van der Waals surface area contributed by atoms with E-state index in [9.17, 15) is 18.0 Å². The Balaban J connectivity index is 1.98. The van der Waals surface area contributed by atoms with E-state index in [2.05, 4.69) is 10.3 Å². The maximum atomic E-state index is 13.1. The van der Waals surface area contributed by atoms with Gasteiger partial charge in [-0.3, -0.25) is 10.1 Å². The van der Waals surface area contributed by atoms with Gasteiger partial charge in [0.2, 0.25) is 11.9 Å². The van der Waals surface area contributed by atoms with Crippen LogP contribution in [0.25, 0.3) is 11.0 Å². The monoisotopic (exact) mass is 383 g/mol. The number of hydrogen-bond donors (Lipinski definition) is 1. The number of benzene rings is 1. The normalized spacial score (nSPS) is 15.0. The van der Waals surface area contributed by atoms with E-state index < -0.39 is 29.5 Å². The Labute approximate surface area is 155 Å². The smallest absolute Gasteiger partial charge is 0.394 e. The van der Waals surface area contributed by atoms with Crippen LogP contribution in [0.15, 0.2) is 12.1 Å². The number of alkyl halides is 3. The molecule has 1 aromatic heterocycles. The largest absolute Gasteiger partial charge is 0.493 e. The lowest BCUT2D eigenvalue weighted by atomic mass is 9.88. The van der Waals surface area contributed by atoms with Gasteiger partial charge in [-0.25, -0.2) is 4.98 Å². The fraction of sp³-hybridized carbons (Fsp3) is 0.579. The maximum absolute atomic E-state index is 13.1. The average molecular weight is 383 g/mol. The van der Waals surface area contributed by atoms with Gasteiger partial charge < -0.3 is 9.30 Å². The van der Waals surface area contributed by atoms with Crippen LogP contribution in [-0.2, 0) is 16.8 Å². The van der Waals surface area contributed by atoms with Crippen LogP contribution >= 0.6 is 0 Å². The van der Waals surface area contributed by atoms with Gasteiger partial charge in [0.25, 0.3) is 0 Å². The van der Waals surface area contributed by atoms with Crippen molar-refractivity contribution in [3.05, 3.63) is 17.7 Å². The standard InChI is InChI=1S/C19H24F3N3O2/c1-17(2,3)25-13-9-14-11(6-7-27-14)8-12(13)23-16(25)24-15(26)10-18(4,5)19(20,21)22/h8-9H,6-7,10H2,1-5H3,(H,23,24,26). The van der Waals surface area contributed by atoms with E-state index in [-0.39, 0.29) is 5.95 Å². The number of ether oxygens (including phenoxy) is 1. The summed E-state index contributed by atoms with van der Waals surface area (Å²) in [5, 5.41) is 2.58. The molecule has 3 rings (SSSR count). The first kappa shape index (κ1) is 19.5. The summed E-state index contributed by atoms with van der Waals surface area (Å²) in [4.78, 5) is 16.8. The van der Waals surface area contributed by atoms with Crippen LogP contribution in [0.1, 0.15) is 46.6 Å². The van der Waals surface area contributed by atoms with E-state index in [1.807, 2.05) is 37.5 Å². The Morgan fingerprint density at radius 3 is 2.48 bits per heavy atom. The number of fused-ring (bicyclic) bond motifs is 2. The molecule has 0 saturated carbocycles. The minimum absolute atomic E-state index is 0.240. The van der Waals surface area contributed by atoms with E-state index in [0.717, 1.165) is 37.1 Å². The van der Waals surface area contributed by atoms with Crippen LogP contribution in [0.2, 0.25) is 0 Å². The zero-order valence-electron chi connectivity index (χ0n) is 16.1. The molecule has 1 amide bonds. The number of carbonyl (C=O) groups is 1. The van der Waals surface area contributed by atoms with E-state index in [1.54, 1.807) is 0 Å². The molecule has 0 fully saturated rings. The Hall–Kier alpha value is -2.25. The number of halogens is 3. The quantitative estimate of drug-likeness (QED) is 0.840. The summed E-state index contributed by atoms with van der Waals surface area (Å²) in [7, 11) is 0. The molecule has 0 bridgehead atoms. The van der Waals surface area contributed by atoms with Crippen molar-refractivity contribution in [1.29, 1.82) is 0 Å². The second kappa shape index (κ2) is 6.14. The van der Waals surface area contributed by atoms with Crippen molar-refractivity contribution in [2.24, 2.45) is 5.41 Å². The highest BCUT2D eigenvalue weighted by Gasteiger charge is 2.48. The molecule has 0 saturated heterocycles. The fourth-order valence-electron chi connectivity index (χ4n) is 3.18. The zero-order valence-corrected chi connectivity index (χ0v) is 16.1. The predicted molar refractivity (Wildman–Crippen MR) is 97.0 cm³/mol. The highest BCUT2D eigenvalue weighted by molar-refractivity contribution is 5.92. The molecular weight excluding hydrogens is 359 g/mol. The van der Waals surface area contributed by atoms with Crippen molar-refractivity contribution in [2.75, 3.05) is 11.9 Å². The molecule has 1 N–H and O–H groups in total. The number of hydrogen-bond acceptors (Lipinski definition) is 3. The van der Waals surface area contributed by atoms with Crippen LogP contribution in [0, 0.1) is 5.41 Å². The summed E-state index contributed by atoms with van der Waals surface area (Å²) < 4.78 is 46.7. The second-order valence-electron chi connectivity index (χ2n) is 8.60. The third kappa shape index (κ3) is 3.61. The molecule has 0 unspecified atom stereocenters. The first-order chi connectivity index (χ1) is 12.3. The third-order valence-corrected chi connectivity index (χ3v) is 4.76. The van der Waals surface area contributed by atoms with Crippen LogP contribution in [0.5, 0.6) is 5.75 Å². The van der Waals surface area contributed by atoms with Crippen molar-refractivity contribution < 1.29 is 22.7 Å². The number of nitrogens with one attached hydrogen (secondary N) is 1. The Morgan fingerprint density at radius 2 is 1.89 bits per heavy atom. The number of rotatable bonds is 3.